The smallest absolute Gasteiger partial charge is 0.222 e. The lowest BCUT2D eigenvalue weighted by Gasteiger charge is -2.25. The van der Waals surface area contributed by atoms with E-state index in [9.17, 15) is 4.79 Å². The highest BCUT2D eigenvalue weighted by Gasteiger charge is 2.15. The van der Waals surface area contributed by atoms with Crippen molar-refractivity contribution in [1.82, 2.24) is 4.90 Å². The van der Waals surface area contributed by atoms with Crippen LogP contribution in [0.5, 0.6) is 0 Å². The van der Waals surface area contributed by atoms with Gasteiger partial charge >= 0.3 is 0 Å². The molecule has 1 rings (SSSR count). The van der Waals surface area contributed by atoms with E-state index >= 15 is 0 Å². The summed E-state index contributed by atoms with van der Waals surface area (Å²) in [5.41, 5.74) is 5.33. The van der Waals surface area contributed by atoms with Gasteiger partial charge in [-0.15, -0.1) is 0 Å². The molecule has 0 spiro atoms. The monoisotopic (exact) mass is 142 g/mol. The van der Waals surface area contributed by atoms with E-state index in [2.05, 4.69) is 0 Å². The molecule has 0 unspecified atom stereocenters. The van der Waals surface area contributed by atoms with E-state index in [-0.39, 0.29) is 5.91 Å². The highest BCUT2D eigenvalue weighted by atomic mass is 16.2. The molecule has 0 radical (unpaired) electrons. The van der Waals surface area contributed by atoms with Gasteiger partial charge in [-0.25, -0.2) is 0 Å². The van der Waals surface area contributed by atoms with Gasteiger partial charge in [-0.2, -0.15) is 0 Å². The second-order valence-electron chi connectivity index (χ2n) is 2.63. The molecule has 1 saturated heterocycles. The van der Waals surface area contributed by atoms with E-state index in [1.165, 1.54) is 0 Å². The number of carbonyl (C=O) groups excluding carboxylic acids is 1. The van der Waals surface area contributed by atoms with E-state index < -0.39 is 0 Å². The lowest BCUT2D eigenvalue weighted by atomic mass is 10.1. The molecule has 1 heterocycles. The van der Waals surface area contributed by atoms with Crippen molar-refractivity contribution >= 4 is 5.91 Å². The maximum atomic E-state index is 11.1. The van der Waals surface area contributed by atoms with Crippen molar-refractivity contribution in [3.8, 4) is 0 Å². The van der Waals surface area contributed by atoms with Gasteiger partial charge in [-0.3, -0.25) is 4.79 Å². The summed E-state index contributed by atoms with van der Waals surface area (Å²) < 4.78 is 0. The fraction of sp³-hybridized carbons (Fsp3) is 0.857. The molecule has 0 bridgehead atoms. The van der Waals surface area contributed by atoms with Gasteiger partial charge in [-0.05, 0) is 12.8 Å². The van der Waals surface area contributed by atoms with Crippen molar-refractivity contribution in [2.24, 2.45) is 5.73 Å². The lowest BCUT2D eigenvalue weighted by Crippen LogP contribution is -2.38. The van der Waals surface area contributed by atoms with Crippen LogP contribution in [0.1, 0.15) is 19.3 Å². The Bertz CT molecular complexity index is 123. The molecule has 58 valence electrons. The normalized spacial score (nSPS) is 19.7. The van der Waals surface area contributed by atoms with E-state index in [1.54, 1.807) is 0 Å². The molecule has 0 aromatic carbocycles. The molecule has 3 nitrogen and oxygen atoms in total. The minimum absolute atomic E-state index is 0.275. The van der Waals surface area contributed by atoms with Crippen LogP contribution in [0.2, 0.25) is 0 Å². The summed E-state index contributed by atoms with van der Waals surface area (Å²) >= 11 is 0. The molecule has 0 saturated carbocycles. The number of piperidine rings is 1. The van der Waals surface area contributed by atoms with Crippen LogP contribution in [0.15, 0.2) is 0 Å². The fourth-order valence-electron chi connectivity index (χ4n) is 1.25. The second-order valence-corrected chi connectivity index (χ2v) is 2.63. The number of amides is 1. The van der Waals surface area contributed by atoms with Crippen LogP contribution in [0.3, 0.4) is 0 Å². The first kappa shape index (κ1) is 7.54. The van der Waals surface area contributed by atoms with Crippen LogP contribution in [0.25, 0.3) is 0 Å². The van der Waals surface area contributed by atoms with Gasteiger partial charge in [0.2, 0.25) is 5.91 Å². The van der Waals surface area contributed by atoms with E-state index in [4.69, 9.17) is 5.73 Å². The first-order valence-corrected chi connectivity index (χ1v) is 3.82. The first-order valence-electron chi connectivity index (χ1n) is 3.82. The summed E-state index contributed by atoms with van der Waals surface area (Å²) in [6, 6.07) is 0. The molecule has 2 N–H and O–H groups in total. The van der Waals surface area contributed by atoms with E-state index in [0.29, 0.717) is 6.54 Å². The fourth-order valence-corrected chi connectivity index (χ4v) is 1.25. The number of rotatable bonds is 2. The van der Waals surface area contributed by atoms with Gasteiger partial charge in [0.15, 0.2) is 0 Å². The summed E-state index contributed by atoms with van der Waals surface area (Å²) in [6.07, 6.45) is 2.92. The number of nitrogens with two attached hydrogens (primary N) is 1. The molecule has 3 heteroatoms. The van der Waals surface area contributed by atoms with Gasteiger partial charge in [0.25, 0.3) is 0 Å². The van der Waals surface area contributed by atoms with Gasteiger partial charge < -0.3 is 10.6 Å². The maximum absolute atomic E-state index is 11.1. The zero-order valence-electron chi connectivity index (χ0n) is 6.18. The summed E-state index contributed by atoms with van der Waals surface area (Å²) in [5, 5.41) is 0. The Labute approximate surface area is 61.2 Å². The van der Waals surface area contributed by atoms with Crippen LogP contribution in [0.4, 0.5) is 0 Å². The average molecular weight is 142 g/mol. The zero-order valence-corrected chi connectivity index (χ0v) is 6.18. The topological polar surface area (TPSA) is 46.3 Å². The van der Waals surface area contributed by atoms with E-state index in [1.807, 2.05) is 4.90 Å². The highest BCUT2D eigenvalue weighted by Crippen LogP contribution is 2.08. The Morgan fingerprint density at radius 3 is 2.90 bits per heavy atom. The molecular weight excluding hydrogens is 128 g/mol. The standard InChI is InChI=1S/C7H14N2O/c8-4-6-9-5-2-1-3-7(9)10/h1-6,8H2. The van der Waals surface area contributed by atoms with Crippen molar-refractivity contribution in [2.75, 3.05) is 19.6 Å². The number of hydrogen-bond donors (Lipinski definition) is 1. The third-order valence-corrected chi connectivity index (χ3v) is 1.82. The molecule has 0 aromatic rings. The highest BCUT2D eigenvalue weighted by molar-refractivity contribution is 5.76. The zero-order chi connectivity index (χ0) is 7.40. The van der Waals surface area contributed by atoms with Crippen molar-refractivity contribution in [3.63, 3.8) is 0 Å². The Kier molecular flexibility index (Phi) is 2.68. The molecule has 0 aromatic heterocycles. The molecular formula is C7H14N2O. The quantitative estimate of drug-likeness (QED) is 0.588. The average Bonchev–Trinajstić information content (AvgIpc) is 1.94. The van der Waals surface area contributed by atoms with Crippen LogP contribution < -0.4 is 5.73 Å². The summed E-state index contributed by atoms with van der Waals surface area (Å²) in [7, 11) is 0. The first-order chi connectivity index (χ1) is 4.84. The van der Waals surface area contributed by atoms with Crippen LogP contribution in [0, 0.1) is 0 Å². The SMILES string of the molecule is NCCN1CCCCC1=O. The third-order valence-electron chi connectivity index (χ3n) is 1.82. The maximum Gasteiger partial charge on any atom is 0.222 e. The van der Waals surface area contributed by atoms with Crippen LogP contribution in [-0.2, 0) is 4.79 Å². The Morgan fingerprint density at radius 1 is 1.50 bits per heavy atom. The predicted molar refractivity (Wildman–Crippen MR) is 39.5 cm³/mol. The van der Waals surface area contributed by atoms with Crippen LogP contribution in [-0.4, -0.2) is 30.4 Å². The number of hydrogen-bond acceptors (Lipinski definition) is 2. The Morgan fingerprint density at radius 2 is 2.30 bits per heavy atom. The predicted octanol–water partition coefficient (Wildman–Crippen LogP) is -0.0424. The molecule has 1 fully saturated rings. The molecule has 1 aliphatic rings. The van der Waals surface area contributed by atoms with Crippen molar-refractivity contribution in [3.05, 3.63) is 0 Å². The molecule has 0 aliphatic carbocycles. The molecule has 10 heavy (non-hydrogen) atoms. The van der Waals surface area contributed by atoms with Crippen molar-refractivity contribution < 1.29 is 4.79 Å². The Hall–Kier alpha value is -0.570. The molecule has 0 atom stereocenters. The largest absolute Gasteiger partial charge is 0.341 e. The minimum atomic E-state index is 0.275. The Balaban J connectivity index is 2.32. The molecule has 1 amide bonds. The van der Waals surface area contributed by atoms with Crippen molar-refractivity contribution in [1.29, 1.82) is 0 Å². The molecule has 1 aliphatic heterocycles. The number of likely N-dealkylation sites (tertiary alicyclic amines) is 1. The minimum Gasteiger partial charge on any atom is -0.341 e. The van der Waals surface area contributed by atoms with Gasteiger partial charge in [0, 0.05) is 26.1 Å². The summed E-state index contributed by atoms with van der Waals surface area (Å²) in [5.74, 6) is 0.275. The van der Waals surface area contributed by atoms with Crippen LogP contribution >= 0.6 is 0 Å². The van der Waals surface area contributed by atoms with Gasteiger partial charge in [-0.1, -0.05) is 0 Å². The van der Waals surface area contributed by atoms with E-state index in [0.717, 1.165) is 32.4 Å². The number of carbonyl (C=O) groups is 1. The van der Waals surface area contributed by atoms with Crippen molar-refractivity contribution in [2.45, 2.75) is 19.3 Å². The van der Waals surface area contributed by atoms with Gasteiger partial charge in [0.05, 0.1) is 0 Å². The second kappa shape index (κ2) is 3.56. The number of nitrogens with zero attached hydrogens (tertiary/aromatic N) is 1. The third kappa shape index (κ3) is 1.70. The lowest BCUT2D eigenvalue weighted by molar-refractivity contribution is -0.133. The summed E-state index contributed by atoms with van der Waals surface area (Å²) in [6.45, 7) is 2.24. The van der Waals surface area contributed by atoms with Gasteiger partial charge in [0.1, 0.15) is 0 Å². The summed E-state index contributed by atoms with van der Waals surface area (Å²) in [4.78, 5) is 12.9.